The van der Waals surface area contributed by atoms with E-state index in [9.17, 15) is 4.79 Å². The van der Waals surface area contributed by atoms with Crippen molar-refractivity contribution in [1.82, 2.24) is 0 Å². The zero-order valence-corrected chi connectivity index (χ0v) is 7.87. The van der Waals surface area contributed by atoms with Gasteiger partial charge in [-0.25, -0.2) is 0 Å². The molecule has 0 unspecified atom stereocenters. The van der Waals surface area contributed by atoms with Crippen LogP contribution in [0.2, 0.25) is 0 Å². The number of aliphatic hydroxyl groups is 2. The van der Waals surface area contributed by atoms with E-state index in [0.717, 1.165) is 19.3 Å². The van der Waals surface area contributed by atoms with E-state index >= 15 is 0 Å². The Morgan fingerprint density at radius 3 is 2.31 bits per heavy atom. The number of ether oxygens (including phenoxy) is 1. The van der Waals surface area contributed by atoms with Gasteiger partial charge in [-0.05, 0) is 25.7 Å². The highest BCUT2D eigenvalue weighted by atomic mass is 16.5. The fraction of sp³-hybridized carbons (Fsp3) is 0.889. The third-order valence-corrected chi connectivity index (χ3v) is 1.60. The summed E-state index contributed by atoms with van der Waals surface area (Å²) >= 11 is 0. The average molecular weight is 190 g/mol. The second kappa shape index (κ2) is 9.48. The molecule has 0 amide bonds. The second-order valence-electron chi connectivity index (χ2n) is 2.83. The van der Waals surface area contributed by atoms with Crippen LogP contribution in [0.4, 0.5) is 0 Å². The van der Waals surface area contributed by atoms with Gasteiger partial charge in [0, 0.05) is 19.6 Å². The van der Waals surface area contributed by atoms with Crippen LogP contribution < -0.4 is 0 Å². The van der Waals surface area contributed by atoms with Crippen LogP contribution >= 0.6 is 0 Å². The van der Waals surface area contributed by atoms with Crippen molar-refractivity contribution in [2.45, 2.75) is 32.1 Å². The number of esters is 1. The minimum atomic E-state index is -0.252. The Bertz CT molecular complexity index is 125. The zero-order chi connectivity index (χ0) is 9.94. The van der Waals surface area contributed by atoms with E-state index in [1.165, 1.54) is 0 Å². The van der Waals surface area contributed by atoms with Crippen LogP contribution in [0.25, 0.3) is 0 Å². The Balaban J connectivity index is 3.08. The van der Waals surface area contributed by atoms with E-state index in [1.54, 1.807) is 0 Å². The predicted octanol–water partition coefficient (Wildman–Crippen LogP) is 0.465. The van der Waals surface area contributed by atoms with Gasteiger partial charge < -0.3 is 14.9 Å². The Hall–Kier alpha value is -0.610. The summed E-state index contributed by atoms with van der Waals surface area (Å²) in [6, 6.07) is 0. The summed E-state index contributed by atoms with van der Waals surface area (Å²) in [4.78, 5) is 10.9. The molecule has 0 aliphatic heterocycles. The lowest BCUT2D eigenvalue weighted by Gasteiger charge is -2.03. The monoisotopic (exact) mass is 190 g/mol. The van der Waals surface area contributed by atoms with Gasteiger partial charge in [-0.3, -0.25) is 4.79 Å². The van der Waals surface area contributed by atoms with Crippen LogP contribution in [0.3, 0.4) is 0 Å². The highest BCUT2D eigenvalue weighted by molar-refractivity contribution is 5.69. The molecule has 0 atom stereocenters. The SMILES string of the molecule is O=C(CCCO)OCCCCCO. The Morgan fingerprint density at radius 2 is 1.69 bits per heavy atom. The molecule has 0 fully saturated rings. The predicted molar refractivity (Wildman–Crippen MR) is 48.2 cm³/mol. The van der Waals surface area contributed by atoms with Crippen LogP contribution in [0.15, 0.2) is 0 Å². The van der Waals surface area contributed by atoms with Crippen LogP contribution in [-0.4, -0.2) is 36.0 Å². The number of hydrogen-bond donors (Lipinski definition) is 2. The van der Waals surface area contributed by atoms with Gasteiger partial charge in [0.2, 0.25) is 0 Å². The molecule has 0 aromatic heterocycles. The third kappa shape index (κ3) is 9.30. The second-order valence-corrected chi connectivity index (χ2v) is 2.83. The first-order chi connectivity index (χ1) is 6.31. The summed E-state index contributed by atoms with van der Waals surface area (Å²) in [6.45, 7) is 0.641. The van der Waals surface area contributed by atoms with E-state index in [4.69, 9.17) is 14.9 Å². The maximum Gasteiger partial charge on any atom is 0.305 e. The number of carbonyl (C=O) groups excluding carboxylic acids is 1. The summed E-state index contributed by atoms with van der Waals surface area (Å²) in [5, 5.41) is 16.9. The van der Waals surface area contributed by atoms with Gasteiger partial charge in [-0.15, -0.1) is 0 Å². The molecule has 4 nitrogen and oxygen atoms in total. The van der Waals surface area contributed by atoms with Crippen LogP contribution in [0.1, 0.15) is 32.1 Å². The van der Waals surface area contributed by atoms with Crippen molar-refractivity contribution < 1.29 is 19.7 Å². The van der Waals surface area contributed by atoms with Crippen LogP contribution in [-0.2, 0) is 9.53 Å². The molecular weight excluding hydrogens is 172 g/mol. The van der Waals surface area contributed by atoms with E-state index in [0.29, 0.717) is 13.0 Å². The van der Waals surface area contributed by atoms with Crippen molar-refractivity contribution in [2.75, 3.05) is 19.8 Å². The van der Waals surface area contributed by atoms with Crippen molar-refractivity contribution in [1.29, 1.82) is 0 Å². The lowest BCUT2D eigenvalue weighted by Crippen LogP contribution is -2.06. The summed E-state index contributed by atoms with van der Waals surface area (Å²) in [5.74, 6) is -0.252. The molecule has 0 aliphatic carbocycles. The Labute approximate surface area is 78.5 Å². The van der Waals surface area contributed by atoms with E-state index in [-0.39, 0.29) is 25.6 Å². The van der Waals surface area contributed by atoms with Crippen molar-refractivity contribution in [3.63, 3.8) is 0 Å². The smallest absolute Gasteiger partial charge is 0.305 e. The minimum absolute atomic E-state index is 0.0274. The summed E-state index contributed by atoms with van der Waals surface area (Å²) in [7, 11) is 0. The molecule has 4 heteroatoms. The molecule has 0 aromatic rings. The normalized spacial score (nSPS) is 10.0. The molecule has 0 radical (unpaired) electrons. The molecule has 0 spiro atoms. The van der Waals surface area contributed by atoms with Crippen LogP contribution in [0.5, 0.6) is 0 Å². The first-order valence-corrected chi connectivity index (χ1v) is 4.68. The lowest BCUT2D eigenvalue weighted by atomic mass is 10.2. The highest BCUT2D eigenvalue weighted by Crippen LogP contribution is 1.97. The Morgan fingerprint density at radius 1 is 1.00 bits per heavy atom. The largest absolute Gasteiger partial charge is 0.466 e. The van der Waals surface area contributed by atoms with Gasteiger partial charge >= 0.3 is 5.97 Å². The number of carbonyl (C=O) groups is 1. The molecule has 13 heavy (non-hydrogen) atoms. The van der Waals surface area contributed by atoms with Gasteiger partial charge in [0.25, 0.3) is 0 Å². The van der Waals surface area contributed by atoms with E-state index in [2.05, 4.69) is 0 Å². The van der Waals surface area contributed by atoms with Crippen molar-refractivity contribution in [2.24, 2.45) is 0 Å². The quantitative estimate of drug-likeness (QED) is 0.431. The van der Waals surface area contributed by atoms with Crippen molar-refractivity contribution in [3.05, 3.63) is 0 Å². The molecule has 0 aromatic carbocycles. The maximum absolute atomic E-state index is 10.9. The first kappa shape index (κ1) is 12.4. The zero-order valence-electron chi connectivity index (χ0n) is 7.87. The summed E-state index contributed by atoms with van der Waals surface area (Å²) < 4.78 is 4.86. The highest BCUT2D eigenvalue weighted by Gasteiger charge is 2.00. The fourth-order valence-electron chi connectivity index (χ4n) is 0.872. The molecule has 0 aliphatic rings. The number of rotatable bonds is 8. The molecule has 0 saturated carbocycles. The average Bonchev–Trinajstić information content (AvgIpc) is 2.14. The molecule has 2 N–H and O–H groups in total. The summed E-state index contributed by atoms with van der Waals surface area (Å²) in [5.41, 5.74) is 0. The molecule has 0 saturated heterocycles. The molecule has 0 heterocycles. The van der Waals surface area contributed by atoms with Crippen molar-refractivity contribution >= 4 is 5.97 Å². The topological polar surface area (TPSA) is 66.8 Å². The van der Waals surface area contributed by atoms with Gasteiger partial charge in [0.1, 0.15) is 0 Å². The fourth-order valence-corrected chi connectivity index (χ4v) is 0.872. The minimum Gasteiger partial charge on any atom is -0.466 e. The number of aliphatic hydroxyl groups excluding tert-OH is 2. The standard InChI is InChI=1S/C9H18O4/c10-6-2-1-3-8-13-9(12)5-4-7-11/h10-11H,1-8H2. The van der Waals surface area contributed by atoms with Gasteiger partial charge in [0.05, 0.1) is 6.61 Å². The van der Waals surface area contributed by atoms with E-state index < -0.39 is 0 Å². The van der Waals surface area contributed by atoms with Crippen molar-refractivity contribution in [3.8, 4) is 0 Å². The molecule has 0 bridgehead atoms. The Kier molecular flexibility index (Phi) is 9.03. The van der Waals surface area contributed by atoms with Gasteiger partial charge in [-0.2, -0.15) is 0 Å². The number of hydrogen-bond acceptors (Lipinski definition) is 4. The maximum atomic E-state index is 10.9. The molecular formula is C9H18O4. The van der Waals surface area contributed by atoms with Gasteiger partial charge in [0.15, 0.2) is 0 Å². The molecule has 0 rings (SSSR count). The van der Waals surface area contributed by atoms with Crippen LogP contribution in [0, 0.1) is 0 Å². The van der Waals surface area contributed by atoms with E-state index in [1.807, 2.05) is 0 Å². The number of unbranched alkanes of at least 4 members (excludes halogenated alkanes) is 2. The van der Waals surface area contributed by atoms with Gasteiger partial charge in [-0.1, -0.05) is 0 Å². The first-order valence-electron chi connectivity index (χ1n) is 4.68. The lowest BCUT2D eigenvalue weighted by molar-refractivity contribution is -0.144. The summed E-state index contributed by atoms with van der Waals surface area (Å²) in [6.07, 6.45) is 3.19. The molecule has 78 valence electrons. The third-order valence-electron chi connectivity index (χ3n) is 1.60.